The number of imidazole rings is 1. The molecular weight excluding hydrogens is 355 g/mol. The van der Waals surface area contributed by atoms with Crippen LogP contribution in [0.5, 0.6) is 5.75 Å². The van der Waals surface area contributed by atoms with Gasteiger partial charge in [-0.25, -0.2) is 4.98 Å². The minimum Gasteiger partial charge on any atom is -0.406 e. The van der Waals surface area contributed by atoms with Crippen molar-refractivity contribution in [3.63, 3.8) is 0 Å². The zero-order chi connectivity index (χ0) is 18.9. The number of aromatic nitrogens is 2. The molecule has 0 bridgehead atoms. The van der Waals surface area contributed by atoms with Gasteiger partial charge in [0.1, 0.15) is 5.75 Å². The average molecular weight is 375 g/mol. The van der Waals surface area contributed by atoms with Gasteiger partial charge in [0.15, 0.2) is 0 Å². The number of fused-ring (bicyclic) bond motifs is 1. The Morgan fingerprint density at radius 3 is 2.52 bits per heavy atom. The minimum absolute atomic E-state index is 0.205. The summed E-state index contributed by atoms with van der Waals surface area (Å²) < 4.78 is 43.7. The van der Waals surface area contributed by atoms with Gasteiger partial charge in [-0.1, -0.05) is 24.3 Å². The van der Waals surface area contributed by atoms with Crippen LogP contribution in [0.4, 0.5) is 19.1 Å². The number of halogens is 3. The Bertz CT molecular complexity index is 930. The molecular formula is C20H20F3N3O. The van der Waals surface area contributed by atoms with Crippen molar-refractivity contribution in [2.24, 2.45) is 0 Å². The van der Waals surface area contributed by atoms with Crippen molar-refractivity contribution in [2.75, 3.05) is 18.0 Å². The van der Waals surface area contributed by atoms with Crippen molar-refractivity contribution in [3.8, 4) is 5.75 Å². The van der Waals surface area contributed by atoms with Gasteiger partial charge in [-0.05, 0) is 49.1 Å². The molecule has 1 fully saturated rings. The van der Waals surface area contributed by atoms with Gasteiger partial charge in [-0.2, -0.15) is 0 Å². The molecule has 2 aromatic carbocycles. The molecule has 0 saturated carbocycles. The van der Waals surface area contributed by atoms with E-state index in [9.17, 15) is 13.2 Å². The number of hydrogen-bond donors (Lipinski definition) is 0. The Kier molecular flexibility index (Phi) is 4.68. The van der Waals surface area contributed by atoms with Crippen LogP contribution in [0.15, 0.2) is 48.5 Å². The number of benzene rings is 2. The first kappa shape index (κ1) is 17.7. The summed E-state index contributed by atoms with van der Waals surface area (Å²) in [5, 5.41) is 0. The van der Waals surface area contributed by atoms with E-state index in [1.165, 1.54) is 18.6 Å². The van der Waals surface area contributed by atoms with Gasteiger partial charge in [0.25, 0.3) is 0 Å². The molecule has 3 aromatic rings. The first-order chi connectivity index (χ1) is 13.0. The van der Waals surface area contributed by atoms with Gasteiger partial charge in [0.2, 0.25) is 5.95 Å². The molecule has 0 radical (unpaired) electrons. The monoisotopic (exact) mass is 375 g/mol. The highest BCUT2D eigenvalue weighted by Gasteiger charge is 2.31. The van der Waals surface area contributed by atoms with Gasteiger partial charge < -0.3 is 14.2 Å². The summed E-state index contributed by atoms with van der Waals surface area (Å²) in [5.74, 6) is 0.669. The third-order valence-electron chi connectivity index (χ3n) is 4.75. The predicted molar refractivity (Wildman–Crippen MR) is 98.0 cm³/mol. The Balaban J connectivity index is 1.69. The summed E-state index contributed by atoms with van der Waals surface area (Å²) in [7, 11) is 0. The van der Waals surface area contributed by atoms with Crippen LogP contribution in [0.3, 0.4) is 0 Å². The lowest BCUT2D eigenvalue weighted by atomic mass is 10.1. The summed E-state index contributed by atoms with van der Waals surface area (Å²) in [4.78, 5) is 7.06. The molecule has 1 aromatic heterocycles. The number of rotatable bonds is 4. The quantitative estimate of drug-likeness (QED) is 0.645. The summed E-state index contributed by atoms with van der Waals surface area (Å²) >= 11 is 0. The highest BCUT2D eigenvalue weighted by atomic mass is 19.4. The molecule has 1 aliphatic heterocycles. The maximum absolute atomic E-state index is 12.5. The van der Waals surface area contributed by atoms with E-state index in [0.717, 1.165) is 48.5 Å². The number of hydrogen-bond acceptors (Lipinski definition) is 3. The molecule has 27 heavy (non-hydrogen) atoms. The van der Waals surface area contributed by atoms with Crippen LogP contribution in [-0.4, -0.2) is 29.0 Å². The maximum Gasteiger partial charge on any atom is 0.573 e. The van der Waals surface area contributed by atoms with Crippen molar-refractivity contribution < 1.29 is 17.9 Å². The van der Waals surface area contributed by atoms with Gasteiger partial charge in [-0.3, -0.25) is 0 Å². The van der Waals surface area contributed by atoms with E-state index in [0.29, 0.717) is 6.54 Å². The van der Waals surface area contributed by atoms with Gasteiger partial charge in [0.05, 0.1) is 17.6 Å². The van der Waals surface area contributed by atoms with Crippen LogP contribution < -0.4 is 9.64 Å². The smallest absolute Gasteiger partial charge is 0.406 e. The SMILES string of the molecule is FC(F)(F)Oc1cccc(Cn2c(N3CCCCC3)nc3ccccc32)c1. The molecule has 0 unspecified atom stereocenters. The Morgan fingerprint density at radius 2 is 1.74 bits per heavy atom. The first-order valence-electron chi connectivity index (χ1n) is 9.04. The number of para-hydroxylation sites is 2. The molecule has 0 atom stereocenters. The van der Waals surface area contributed by atoms with Gasteiger partial charge in [-0.15, -0.1) is 13.2 Å². The number of ether oxygens (including phenoxy) is 1. The van der Waals surface area contributed by atoms with Crippen LogP contribution >= 0.6 is 0 Å². The second-order valence-corrected chi connectivity index (χ2v) is 6.73. The van der Waals surface area contributed by atoms with Crippen LogP contribution in [-0.2, 0) is 6.54 Å². The molecule has 4 rings (SSSR count). The minimum atomic E-state index is -4.70. The van der Waals surface area contributed by atoms with Crippen molar-refractivity contribution in [1.29, 1.82) is 0 Å². The standard InChI is InChI=1S/C20H20F3N3O/c21-20(22,23)27-16-8-6-7-15(13-16)14-26-18-10-3-2-9-17(18)24-19(26)25-11-4-1-5-12-25/h2-3,6-10,13H,1,4-5,11-12,14H2. The fraction of sp³-hybridized carbons (Fsp3) is 0.350. The van der Waals surface area contributed by atoms with Gasteiger partial charge in [0, 0.05) is 13.1 Å². The molecule has 1 saturated heterocycles. The van der Waals surface area contributed by atoms with Crippen molar-refractivity contribution >= 4 is 17.0 Å². The van der Waals surface area contributed by atoms with E-state index in [2.05, 4.69) is 14.2 Å². The lowest BCUT2D eigenvalue weighted by Crippen LogP contribution is -2.32. The van der Waals surface area contributed by atoms with Crippen LogP contribution in [0.25, 0.3) is 11.0 Å². The zero-order valence-corrected chi connectivity index (χ0v) is 14.7. The lowest BCUT2D eigenvalue weighted by molar-refractivity contribution is -0.274. The number of piperidine rings is 1. The maximum atomic E-state index is 12.5. The van der Waals surface area contributed by atoms with Crippen molar-refractivity contribution in [1.82, 2.24) is 9.55 Å². The first-order valence-corrected chi connectivity index (χ1v) is 9.04. The van der Waals surface area contributed by atoms with Crippen LogP contribution in [0.2, 0.25) is 0 Å². The molecule has 0 N–H and O–H groups in total. The molecule has 0 spiro atoms. The predicted octanol–water partition coefficient (Wildman–Crippen LogP) is 4.97. The Morgan fingerprint density at radius 1 is 0.963 bits per heavy atom. The van der Waals surface area contributed by atoms with E-state index in [4.69, 9.17) is 4.98 Å². The second kappa shape index (κ2) is 7.13. The van der Waals surface area contributed by atoms with E-state index >= 15 is 0 Å². The van der Waals surface area contributed by atoms with E-state index in [1.807, 2.05) is 24.3 Å². The Hall–Kier alpha value is -2.70. The summed E-state index contributed by atoms with van der Waals surface area (Å²) in [6, 6.07) is 14.0. The highest BCUT2D eigenvalue weighted by molar-refractivity contribution is 5.79. The zero-order valence-electron chi connectivity index (χ0n) is 14.7. The molecule has 0 aliphatic carbocycles. The Labute approximate surface area is 155 Å². The lowest BCUT2D eigenvalue weighted by Gasteiger charge is -2.28. The largest absolute Gasteiger partial charge is 0.573 e. The third-order valence-corrected chi connectivity index (χ3v) is 4.75. The molecule has 1 aliphatic rings. The van der Waals surface area contributed by atoms with Crippen molar-refractivity contribution in [2.45, 2.75) is 32.2 Å². The normalized spacial score (nSPS) is 15.3. The fourth-order valence-corrected chi connectivity index (χ4v) is 3.58. The molecule has 0 amide bonds. The average Bonchev–Trinajstić information content (AvgIpc) is 3.00. The number of nitrogens with zero attached hydrogens (tertiary/aromatic N) is 3. The third kappa shape index (κ3) is 4.02. The molecule has 142 valence electrons. The number of alkyl halides is 3. The molecule has 7 heteroatoms. The summed E-state index contributed by atoms with van der Waals surface area (Å²) in [5.41, 5.74) is 2.60. The topological polar surface area (TPSA) is 30.3 Å². The summed E-state index contributed by atoms with van der Waals surface area (Å²) in [6.07, 6.45) is -1.23. The highest BCUT2D eigenvalue weighted by Crippen LogP contribution is 2.28. The van der Waals surface area contributed by atoms with E-state index in [-0.39, 0.29) is 5.75 Å². The van der Waals surface area contributed by atoms with E-state index in [1.54, 1.807) is 12.1 Å². The van der Waals surface area contributed by atoms with E-state index < -0.39 is 6.36 Å². The molecule has 4 nitrogen and oxygen atoms in total. The van der Waals surface area contributed by atoms with Crippen LogP contribution in [0, 0.1) is 0 Å². The summed E-state index contributed by atoms with van der Waals surface area (Å²) in [6.45, 7) is 2.32. The second-order valence-electron chi connectivity index (χ2n) is 6.73. The van der Waals surface area contributed by atoms with Crippen LogP contribution in [0.1, 0.15) is 24.8 Å². The fourth-order valence-electron chi connectivity index (χ4n) is 3.58. The molecule has 2 heterocycles. The van der Waals surface area contributed by atoms with Gasteiger partial charge >= 0.3 is 6.36 Å². The van der Waals surface area contributed by atoms with Crippen molar-refractivity contribution in [3.05, 3.63) is 54.1 Å². The number of anilines is 1.